The SMILES string of the molecule is C=CC1(F)COC(/C(F)=C(\F)c2ccc(OCC)c(F)c2F)OC1. The van der Waals surface area contributed by atoms with Crippen LogP contribution in [0.3, 0.4) is 0 Å². The van der Waals surface area contributed by atoms with Crippen LogP contribution in [0.1, 0.15) is 12.5 Å². The molecular weight excluding hydrogens is 335 g/mol. The fourth-order valence-corrected chi connectivity index (χ4v) is 1.98. The summed E-state index contributed by atoms with van der Waals surface area (Å²) in [6.45, 7) is 3.64. The highest BCUT2D eigenvalue weighted by molar-refractivity contribution is 5.63. The normalized spacial score (nSPS) is 25.2. The van der Waals surface area contributed by atoms with E-state index in [-0.39, 0.29) is 6.61 Å². The van der Waals surface area contributed by atoms with Crippen LogP contribution in [0.25, 0.3) is 5.83 Å². The van der Waals surface area contributed by atoms with Crippen LogP contribution >= 0.6 is 0 Å². The molecule has 24 heavy (non-hydrogen) atoms. The molecule has 0 bridgehead atoms. The van der Waals surface area contributed by atoms with Gasteiger partial charge in [0.1, 0.15) is 0 Å². The molecule has 1 aliphatic rings. The van der Waals surface area contributed by atoms with Crippen molar-refractivity contribution >= 4 is 5.83 Å². The topological polar surface area (TPSA) is 27.7 Å². The lowest BCUT2D eigenvalue weighted by atomic mass is 10.1. The Morgan fingerprint density at radius 3 is 2.46 bits per heavy atom. The van der Waals surface area contributed by atoms with Crippen LogP contribution in [0.4, 0.5) is 22.0 Å². The zero-order chi connectivity index (χ0) is 17.9. The van der Waals surface area contributed by atoms with E-state index in [0.717, 1.165) is 18.2 Å². The first-order valence-electron chi connectivity index (χ1n) is 7.05. The third-order valence-electron chi connectivity index (χ3n) is 3.31. The Balaban J connectivity index is 2.27. The smallest absolute Gasteiger partial charge is 0.214 e. The van der Waals surface area contributed by atoms with Crippen molar-refractivity contribution in [3.05, 3.63) is 47.8 Å². The second-order valence-corrected chi connectivity index (χ2v) is 5.03. The summed E-state index contributed by atoms with van der Waals surface area (Å²) in [5.74, 6) is -6.81. The molecule has 1 saturated heterocycles. The summed E-state index contributed by atoms with van der Waals surface area (Å²) in [5, 5.41) is 0. The Bertz CT molecular complexity index is 651. The summed E-state index contributed by atoms with van der Waals surface area (Å²) in [6, 6.07) is 1.79. The number of benzene rings is 1. The highest BCUT2D eigenvalue weighted by Crippen LogP contribution is 2.33. The zero-order valence-electron chi connectivity index (χ0n) is 12.8. The maximum atomic E-state index is 14.1. The van der Waals surface area contributed by atoms with Gasteiger partial charge in [-0.1, -0.05) is 12.7 Å². The first-order chi connectivity index (χ1) is 11.3. The molecular formula is C16H15F5O3. The number of ether oxygens (including phenoxy) is 3. The molecule has 1 aliphatic heterocycles. The predicted molar refractivity (Wildman–Crippen MR) is 76.4 cm³/mol. The average molecular weight is 350 g/mol. The second-order valence-electron chi connectivity index (χ2n) is 5.03. The van der Waals surface area contributed by atoms with Gasteiger partial charge in [0.25, 0.3) is 0 Å². The van der Waals surface area contributed by atoms with Gasteiger partial charge in [-0.05, 0) is 19.1 Å². The number of halogens is 5. The Morgan fingerprint density at radius 1 is 1.29 bits per heavy atom. The van der Waals surface area contributed by atoms with E-state index in [1.54, 1.807) is 6.92 Å². The van der Waals surface area contributed by atoms with Crippen molar-refractivity contribution < 1.29 is 36.2 Å². The third kappa shape index (κ3) is 3.59. The van der Waals surface area contributed by atoms with Crippen molar-refractivity contribution in [2.75, 3.05) is 19.8 Å². The Labute approximate surface area is 135 Å². The molecule has 1 aromatic carbocycles. The van der Waals surface area contributed by atoms with Crippen molar-refractivity contribution in [2.24, 2.45) is 0 Å². The predicted octanol–water partition coefficient (Wildman–Crippen LogP) is 4.24. The van der Waals surface area contributed by atoms with Crippen LogP contribution < -0.4 is 4.74 Å². The third-order valence-corrected chi connectivity index (χ3v) is 3.31. The van der Waals surface area contributed by atoms with Crippen LogP contribution in [-0.4, -0.2) is 31.8 Å². The van der Waals surface area contributed by atoms with Crippen molar-refractivity contribution in [3.63, 3.8) is 0 Å². The molecule has 0 unspecified atom stereocenters. The average Bonchev–Trinajstić information content (AvgIpc) is 2.59. The standard InChI is InChI=1S/C16H15F5O3/c1-3-16(21)7-23-15(24-8-16)14(20)12(18)9-5-6-10(22-4-2)13(19)11(9)17/h3,5-6,15H,1,4,7-8H2,2H3/b14-12+. The molecule has 0 amide bonds. The van der Waals surface area contributed by atoms with Gasteiger partial charge < -0.3 is 14.2 Å². The molecule has 2 rings (SSSR count). The second kappa shape index (κ2) is 7.31. The Kier molecular flexibility index (Phi) is 5.61. The minimum absolute atomic E-state index is 0.0699. The molecule has 0 saturated carbocycles. The van der Waals surface area contributed by atoms with Gasteiger partial charge in [-0.15, -0.1) is 0 Å². The van der Waals surface area contributed by atoms with Crippen LogP contribution in [0.15, 0.2) is 30.6 Å². The highest BCUT2D eigenvalue weighted by Gasteiger charge is 2.37. The van der Waals surface area contributed by atoms with Gasteiger partial charge in [-0.25, -0.2) is 17.6 Å². The summed E-state index contributed by atoms with van der Waals surface area (Å²) < 4.78 is 83.9. The molecule has 3 nitrogen and oxygen atoms in total. The summed E-state index contributed by atoms with van der Waals surface area (Å²) in [4.78, 5) is 0. The molecule has 0 aromatic heterocycles. The van der Waals surface area contributed by atoms with E-state index >= 15 is 0 Å². The molecule has 1 heterocycles. The maximum Gasteiger partial charge on any atom is 0.214 e. The molecule has 132 valence electrons. The van der Waals surface area contributed by atoms with Gasteiger partial charge in [0.05, 0.1) is 25.4 Å². The summed E-state index contributed by atoms with van der Waals surface area (Å²) in [5.41, 5.74) is -2.98. The number of hydrogen-bond acceptors (Lipinski definition) is 3. The van der Waals surface area contributed by atoms with Crippen molar-refractivity contribution in [1.29, 1.82) is 0 Å². The minimum Gasteiger partial charge on any atom is -0.491 e. The van der Waals surface area contributed by atoms with Crippen molar-refractivity contribution in [3.8, 4) is 5.75 Å². The fraction of sp³-hybridized carbons (Fsp3) is 0.375. The quantitative estimate of drug-likeness (QED) is 0.587. The van der Waals surface area contributed by atoms with E-state index in [2.05, 4.69) is 6.58 Å². The number of hydrogen-bond donors (Lipinski definition) is 0. The van der Waals surface area contributed by atoms with E-state index in [0.29, 0.717) is 0 Å². The van der Waals surface area contributed by atoms with E-state index in [4.69, 9.17) is 14.2 Å². The van der Waals surface area contributed by atoms with E-state index in [1.807, 2.05) is 0 Å². The van der Waals surface area contributed by atoms with Gasteiger partial charge >= 0.3 is 0 Å². The molecule has 8 heteroatoms. The fourth-order valence-electron chi connectivity index (χ4n) is 1.98. The highest BCUT2D eigenvalue weighted by atomic mass is 19.2. The van der Waals surface area contributed by atoms with Crippen LogP contribution in [0.5, 0.6) is 5.75 Å². The lowest BCUT2D eigenvalue weighted by Gasteiger charge is -2.31. The van der Waals surface area contributed by atoms with Crippen LogP contribution in [0, 0.1) is 11.6 Å². The van der Waals surface area contributed by atoms with E-state index in [1.165, 1.54) is 0 Å². The van der Waals surface area contributed by atoms with Crippen LogP contribution in [0.2, 0.25) is 0 Å². The van der Waals surface area contributed by atoms with Crippen LogP contribution in [-0.2, 0) is 9.47 Å². The Morgan fingerprint density at radius 2 is 1.92 bits per heavy atom. The number of rotatable bonds is 5. The summed E-state index contributed by atoms with van der Waals surface area (Å²) in [6.07, 6.45) is -0.939. The first kappa shape index (κ1) is 18.4. The molecule has 0 radical (unpaired) electrons. The summed E-state index contributed by atoms with van der Waals surface area (Å²) in [7, 11) is 0. The van der Waals surface area contributed by atoms with Gasteiger partial charge in [-0.2, -0.15) is 4.39 Å². The van der Waals surface area contributed by atoms with Gasteiger partial charge in [0, 0.05) is 0 Å². The lowest BCUT2D eigenvalue weighted by molar-refractivity contribution is -0.210. The Hall–Kier alpha value is -1.93. The summed E-state index contributed by atoms with van der Waals surface area (Å²) >= 11 is 0. The molecule has 1 fully saturated rings. The molecule has 1 aromatic rings. The van der Waals surface area contributed by atoms with E-state index in [9.17, 15) is 22.0 Å². The van der Waals surface area contributed by atoms with Gasteiger partial charge in [-0.3, -0.25) is 0 Å². The molecule has 0 atom stereocenters. The van der Waals surface area contributed by atoms with Crippen molar-refractivity contribution in [1.82, 2.24) is 0 Å². The van der Waals surface area contributed by atoms with Gasteiger partial charge in [0.2, 0.25) is 12.1 Å². The lowest BCUT2D eigenvalue weighted by Crippen LogP contribution is -2.42. The van der Waals surface area contributed by atoms with Gasteiger partial charge in [0.15, 0.2) is 28.9 Å². The maximum absolute atomic E-state index is 14.1. The van der Waals surface area contributed by atoms with E-state index < -0.39 is 59.8 Å². The molecule has 0 aliphatic carbocycles. The molecule has 0 N–H and O–H groups in total. The largest absolute Gasteiger partial charge is 0.491 e. The molecule has 0 spiro atoms. The number of alkyl halides is 1. The minimum atomic E-state index is -2.02. The first-order valence-corrected chi connectivity index (χ1v) is 7.05. The monoisotopic (exact) mass is 350 g/mol. The zero-order valence-corrected chi connectivity index (χ0v) is 12.8. The van der Waals surface area contributed by atoms with Crippen molar-refractivity contribution in [2.45, 2.75) is 18.9 Å².